The Balaban J connectivity index is 4.85. The topological polar surface area (TPSA) is 27.7 Å². The van der Waals surface area contributed by atoms with E-state index >= 15 is 0 Å². The van der Waals surface area contributed by atoms with Gasteiger partial charge in [-0.2, -0.15) is 0 Å². The summed E-state index contributed by atoms with van der Waals surface area (Å²) in [5.74, 6) is 0. The van der Waals surface area contributed by atoms with Crippen LogP contribution in [0.25, 0.3) is 0 Å². The number of unbranched alkanes of at least 4 members (excludes halogenated alkanes) is 2. The van der Waals surface area contributed by atoms with Gasteiger partial charge in [-0.1, -0.05) is 54.4 Å². The van der Waals surface area contributed by atoms with Crippen LogP contribution in [0.15, 0.2) is 0 Å². The van der Waals surface area contributed by atoms with E-state index < -0.39 is 17.1 Å². The lowest BCUT2D eigenvalue weighted by molar-refractivity contribution is 0.178. The molecule has 0 aromatic carbocycles. The molecule has 0 atom stereocenters. The summed E-state index contributed by atoms with van der Waals surface area (Å²) in [4.78, 5) is 0. The van der Waals surface area contributed by atoms with Crippen LogP contribution in [0.5, 0.6) is 0 Å². The van der Waals surface area contributed by atoms with E-state index in [-0.39, 0.29) is 0 Å². The van der Waals surface area contributed by atoms with Gasteiger partial charge in [0, 0.05) is 13.2 Å². The molecule has 0 aromatic rings. The summed E-state index contributed by atoms with van der Waals surface area (Å²) in [7, 11) is -4.16. The molecule has 0 fully saturated rings. The monoisotopic (exact) mass is 334 g/mol. The van der Waals surface area contributed by atoms with Gasteiger partial charge in [0.1, 0.15) is 0 Å². The molecule has 0 spiro atoms. The highest BCUT2D eigenvalue weighted by molar-refractivity contribution is 6.81. The molecule has 0 N–H and O–H groups in total. The SMILES string of the molecule is CCCCO[Si](CC)(CC)O[Si](CC)(CC)OCCCC. The van der Waals surface area contributed by atoms with Gasteiger partial charge in [-0.05, 0) is 37.0 Å². The van der Waals surface area contributed by atoms with Gasteiger partial charge in [0.25, 0.3) is 0 Å². The molecule has 0 bridgehead atoms. The molecule has 0 saturated heterocycles. The lowest BCUT2D eigenvalue weighted by Crippen LogP contribution is -2.54. The van der Waals surface area contributed by atoms with Crippen molar-refractivity contribution in [3.8, 4) is 0 Å². The lowest BCUT2D eigenvalue weighted by Gasteiger charge is -2.39. The second-order valence-corrected chi connectivity index (χ2v) is 13.6. The zero-order valence-electron chi connectivity index (χ0n) is 15.3. The van der Waals surface area contributed by atoms with E-state index in [4.69, 9.17) is 13.0 Å². The summed E-state index contributed by atoms with van der Waals surface area (Å²) < 4.78 is 19.4. The largest absolute Gasteiger partial charge is 0.414 e. The summed E-state index contributed by atoms with van der Waals surface area (Å²) >= 11 is 0. The van der Waals surface area contributed by atoms with Crippen molar-refractivity contribution < 1.29 is 13.0 Å². The standard InChI is InChI=1S/C16H38O3Si2/c1-7-13-15-17-20(9-3,10-4)19-21(11-5,12-6)18-16-14-8-2/h7-16H2,1-6H3. The Hall–Kier alpha value is 0.314. The Morgan fingerprint density at radius 1 is 0.571 bits per heavy atom. The first-order valence-electron chi connectivity index (χ1n) is 9.05. The smallest absolute Gasteiger partial charge is 0.328 e. The van der Waals surface area contributed by atoms with Crippen LogP contribution < -0.4 is 0 Å². The molecule has 5 heteroatoms. The highest BCUT2D eigenvalue weighted by Gasteiger charge is 2.45. The third kappa shape index (κ3) is 7.41. The molecule has 0 unspecified atom stereocenters. The first kappa shape index (κ1) is 21.3. The van der Waals surface area contributed by atoms with Crippen molar-refractivity contribution >= 4 is 17.1 Å². The first-order valence-corrected chi connectivity index (χ1v) is 13.5. The zero-order chi connectivity index (χ0) is 16.2. The maximum atomic E-state index is 6.75. The van der Waals surface area contributed by atoms with Crippen LogP contribution in [0.1, 0.15) is 67.2 Å². The molecule has 21 heavy (non-hydrogen) atoms. The Bertz CT molecular complexity index is 218. The molecule has 0 aromatic heterocycles. The van der Waals surface area contributed by atoms with Crippen molar-refractivity contribution in [3.05, 3.63) is 0 Å². The molecule has 0 aliphatic rings. The zero-order valence-corrected chi connectivity index (χ0v) is 17.3. The van der Waals surface area contributed by atoms with Crippen LogP contribution in [-0.4, -0.2) is 30.3 Å². The first-order chi connectivity index (χ1) is 10.1. The predicted molar refractivity (Wildman–Crippen MR) is 96.2 cm³/mol. The number of rotatable bonds is 14. The Kier molecular flexibility index (Phi) is 12.0. The predicted octanol–water partition coefficient (Wildman–Crippen LogP) is 5.60. The fourth-order valence-corrected chi connectivity index (χ4v) is 10.7. The minimum absolute atomic E-state index is 0.845. The van der Waals surface area contributed by atoms with E-state index in [9.17, 15) is 0 Å². The van der Waals surface area contributed by atoms with Crippen molar-refractivity contribution in [2.45, 2.75) is 91.4 Å². The fourth-order valence-electron chi connectivity index (χ4n) is 2.40. The molecular formula is C16H38O3Si2. The Morgan fingerprint density at radius 3 is 1.14 bits per heavy atom. The van der Waals surface area contributed by atoms with Gasteiger partial charge < -0.3 is 13.0 Å². The second-order valence-electron chi connectivity index (χ2n) is 5.74. The van der Waals surface area contributed by atoms with Gasteiger partial charge in [-0.25, -0.2) is 0 Å². The Morgan fingerprint density at radius 2 is 0.905 bits per heavy atom. The van der Waals surface area contributed by atoms with Crippen LogP contribution in [-0.2, 0) is 13.0 Å². The highest BCUT2D eigenvalue weighted by atomic mass is 28.5. The van der Waals surface area contributed by atoms with Crippen molar-refractivity contribution in [1.29, 1.82) is 0 Å². The van der Waals surface area contributed by atoms with E-state index in [1.807, 2.05) is 0 Å². The highest BCUT2D eigenvalue weighted by Crippen LogP contribution is 2.29. The molecule has 3 nitrogen and oxygen atoms in total. The van der Waals surface area contributed by atoms with Gasteiger partial charge in [0.15, 0.2) is 0 Å². The van der Waals surface area contributed by atoms with E-state index in [2.05, 4.69) is 41.5 Å². The Labute approximate surface area is 135 Å². The van der Waals surface area contributed by atoms with Crippen LogP contribution in [0.2, 0.25) is 24.2 Å². The molecule has 0 aliphatic carbocycles. The molecular weight excluding hydrogens is 296 g/mol. The third-order valence-corrected chi connectivity index (χ3v) is 13.0. The maximum Gasteiger partial charge on any atom is 0.328 e. The minimum atomic E-state index is -2.08. The van der Waals surface area contributed by atoms with E-state index in [1.54, 1.807) is 0 Å². The summed E-state index contributed by atoms with van der Waals surface area (Å²) in [5.41, 5.74) is 0. The van der Waals surface area contributed by atoms with Crippen LogP contribution in [0.3, 0.4) is 0 Å². The van der Waals surface area contributed by atoms with E-state index in [1.165, 1.54) is 12.8 Å². The molecule has 0 rings (SSSR count). The van der Waals surface area contributed by atoms with E-state index in [0.29, 0.717) is 0 Å². The van der Waals surface area contributed by atoms with Crippen LogP contribution >= 0.6 is 0 Å². The second kappa shape index (κ2) is 11.8. The molecule has 0 heterocycles. The maximum absolute atomic E-state index is 6.75. The third-order valence-electron chi connectivity index (χ3n) is 4.25. The van der Waals surface area contributed by atoms with Gasteiger partial charge in [0.05, 0.1) is 0 Å². The van der Waals surface area contributed by atoms with Crippen molar-refractivity contribution in [3.63, 3.8) is 0 Å². The van der Waals surface area contributed by atoms with Gasteiger partial charge >= 0.3 is 17.1 Å². The quantitative estimate of drug-likeness (QED) is 0.306. The molecule has 0 aliphatic heterocycles. The lowest BCUT2D eigenvalue weighted by atomic mass is 10.4. The van der Waals surface area contributed by atoms with Crippen molar-refractivity contribution in [2.24, 2.45) is 0 Å². The molecule has 0 radical (unpaired) electrons. The average Bonchev–Trinajstić information content (AvgIpc) is 2.53. The van der Waals surface area contributed by atoms with E-state index in [0.717, 1.165) is 50.2 Å². The summed E-state index contributed by atoms with van der Waals surface area (Å²) in [6.45, 7) is 15.0. The minimum Gasteiger partial charge on any atom is -0.414 e. The molecule has 0 saturated carbocycles. The molecule has 128 valence electrons. The summed E-state index contributed by atoms with van der Waals surface area (Å²) in [6.07, 6.45) is 4.60. The normalized spacial score (nSPS) is 12.9. The van der Waals surface area contributed by atoms with Gasteiger partial charge in [-0.15, -0.1) is 0 Å². The van der Waals surface area contributed by atoms with Crippen LogP contribution in [0.4, 0.5) is 0 Å². The average molecular weight is 335 g/mol. The molecule has 0 amide bonds. The van der Waals surface area contributed by atoms with Gasteiger partial charge in [-0.3, -0.25) is 0 Å². The number of hydrogen-bond donors (Lipinski definition) is 0. The fraction of sp³-hybridized carbons (Fsp3) is 1.00. The van der Waals surface area contributed by atoms with Crippen molar-refractivity contribution in [2.75, 3.05) is 13.2 Å². The number of hydrogen-bond acceptors (Lipinski definition) is 3. The van der Waals surface area contributed by atoms with Gasteiger partial charge in [0.2, 0.25) is 0 Å². The van der Waals surface area contributed by atoms with Crippen LogP contribution in [0, 0.1) is 0 Å². The van der Waals surface area contributed by atoms with Crippen molar-refractivity contribution in [1.82, 2.24) is 0 Å². The summed E-state index contributed by atoms with van der Waals surface area (Å²) in [6, 6.07) is 4.11. The summed E-state index contributed by atoms with van der Waals surface area (Å²) in [5, 5.41) is 0.